The Balaban J connectivity index is 1.56. The quantitative estimate of drug-likeness (QED) is 0.786. The summed E-state index contributed by atoms with van der Waals surface area (Å²) < 4.78 is 5.11. The predicted octanol–water partition coefficient (Wildman–Crippen LogP) is 3.30. The van der Waals surface area contributed by atoms with Crippen molar-refractivity contribution < 1.29 is 14.6 Å². The van der Waals surface area contributed by atoms with Crippen LogP contribution in [-0.2, 0) is 17.8 Å². The Hall–Kier alpha value is -2.33. The average molecular weight is 313 g/mol. The number of amides is 1. The van der Waals surface area contributed by atoms with Crippen LogP contribution >= 0.6 is 0 Å². The van der Waals surface area contributed by atoms with E-state index < -0.39 is 12.2 Å². The van der Waals surface area contributed by atoms with Gasteiger partial charge < -0.3 is 15.2 Å². The second-order valence-corrected chi connectivity index (χ2v) is 5.46. The third-order valence-electron chi connectivity index (χ3n) is 3.57. The molecule has 2 aromatic carbocycles. The third-order valence-corrected chi connectivity index (χ3v) is 3.57. The van der Waals surface area contributed by atoms with Gasteiger partial charge in [-0.05, 0) is 30.4 Å². The predicted molar refractivity (Wildman–Crippen MR) is 90.0 cm³/mol. The van der Waals surface area contributed by atoms with Gasteiger partial charge in [-0.3, -0.25) is 0 Å². The molecule has 1 unspecified atom stereocenters. The van der Waals surface area contributed by atoms with E-state index in [-0.39, 0.29) is 6.61 Å². The summed E-state index contributed by atoms with van der Waals surface area (Å²) in [6.45, 7) is 0.660. The summed E-state index contributed by atoms with van der Waals surface area (Å²) in [5.41, 5.74) is 2.16. The molecule has 1 amide bonds. The van der Waals surface area contributed by atoms with Crippen molar-refractivity contribution in [1.29, 1.82) is 0 Å². The molecule has 0 spiro atoms. The number of hydrogen-bond donors (Lipinski definition) is 2. The Labute approximate surface area is 137 Å². The first-order valence-electron chi connectivity index (χ1n) is 7.90. The van der Waals surface area contributed by atoms with E-state index in [0.717, 1.165) is 12.0 Å². The number of aryl methyl sites for hydroxylation is 1. The molecular weight excluding hydrogens is 290 g/mol. The number of hydrogen-bond acceptors (Lipinski definition) is 3. The number of nitrogens with one attached hydrogen (secondary N) is 1. The molecule has 0 aliphatic heterocycles. The van der Waals surface area contributed by atoms with Gasteiger partial charge in [-0.1, -0.05) is 60.7 Å². The normalized spacial score (nSPS) is 11.7. The second-order valence-electron chi connectivity index (χ2n) is 5.46. The molecule has 23 heavy (non-hydrogen) atoms. The Morgan fingerprint density at radius 3 is 2.22 bits per heavy atom. The van der Waals surface area contributed by atoms with Crippen LogP contribution in [-0.4, -0.2) is 23.8 Å². The summed E-state index contributed by atoms with van der Waals surface area (Å²) in [4.78, 5) is 11.6. The number of aliphatic hydroxyl groups is 1. The van der Waals surface area contributed by atoms with Gasteiger partial charge in [0.25, 0.3) is 0 Å². The molecule has 0 aromatic heterocycles. The lowest BCUT2D eigenvalue weighted by atomic mass is 10.1. The fraction of sp³-hybridized carbons (Fsp3) is 0.316. The van der Waals surface area contributed by atoms with Crippen molar-refractivity contribution in [2.45, 2.75) is 32.0 Å². The third kappa shape index (κ3) is 6.98. The largest absolute Gasteiger partial charge is 0.445 e. The molecule has 0 bridgehead atoms. The minimum Gasteiger partial charge on any atom is -0.445 e. The molecule has 0 saturated heterocycles. The number of benzene rings is 2. The van der Waals surface area contributed by atoms with E-state index in [1.807, 2.05) is 60.7 Å². The molecule has 0 aliphatic carbocycles. The second kappa shape index (κ2) is 9.64. The van der Waals surface area contributed by atoms with Crippen molar-refractivity contribution >= 4 is 6.09 Å². The monoisotopic (exact) mass is 313 g/mol. The molecule has 0 aliphatic rings. The summed E-state index contributed by atoms with van der Waals surface area (Å²) in [5, 5.41) is 12.6. The van der Waals surface area contributed by atoms with Crippen molar-refractivity contribution in [3.8, 4) is 0 Å². The Bertz CT molecular complexity index is 572. The van der Waals surface area contributed by atoms with E-state index in [0.29, 0.717) is 19.4 Å². The number of carbonyl (C=O) groups excluding carboxylic acids is 1. The van der Waals surface area contributed by atoms with Crippen LogP contribution in [0.3, 0.4) is 0 Å². The highest BCUT2D eigenvalue weighted by atomic mass is 16.5. The molecule has 2 aromatic rings. The molecular formula is C19H23NO3. The molecule has 0 saturated carbocycles. The molecule has 2 N–H and O–H groups in total. The van der Waals surface area contributed by atoms with Crippen molar-refractivity contribution in [2.75, 3.05) is 6.54 Å². The maximum absolute atomic E-state index is 11.6. The summed E-state index contributed by atoms with van der Waals surface area (Å²) in [5.74, 6) is 0. The number of ether oxygens (including phenoxy) is 1. The van der Waals surface area contributed by atoms with Gasteiger partial charge in [0.1, 0.15) is 6.61 Å². The van der Waals surface area contributed by atoms with Gasteiger partial charge in [-0.25, -0.2) is 4.79 Å². The molecule has 0 radical (unpaired) electrons. The van der Waals surface area contributed by atoms with E-state index in [9.17, 15) is 9.90 Å². The van der Waals surface area contributed by atoms with Crippen LogP contribution < -0.4 is 5.32 Å². The average Bonchev–Trinajstić information content (AvgIpc) is 2.60. The van der Waals surface area contributed by atoms with Gasteiger partial charge in [-0.15, -0.1) is 0 Å². The highest BCUT2D eigenvalue weighted by Gasteiger charge is 2.07. The lowest BCUT2D eigenvalue weighted by molar-refractivity contribution is 0.131. The van der Waals surface area contributed by atoms with Gasteiger partial charge in [0, 0.05) is 6.54 Å². The van der Waals surface area contributed by atoms with Gasteiger partial charge in [0.2, 0.25) is 0 Å². The minimum atomic E-state index is -0.455. The lowest BCUT2D eigenvalue weighted by Crippen LogP contribution is -2.27. The Kier molecular flexibility index (Phi) is 7.14. The van der Waals surface area contributed by atoms with Crippen molar-refractivity contribution in [3.05, 3.63) is 71.8 Å². The highest BCUT2D eigenvalue weighted by Crippen LogP contribution is 2.07. The van der Waals surface area contributed by atoms with Crippen LogP contribution in [0, 0.1) is 0 Å². The van der Waals surface area contributed by atoms with E-state index in [1.54, 1.807) is 0 Å². The zero-order valence-electron chi connectivity index (χ0n) is 13.2. The zero-order chi connectivity index (χ0) is 16.3. The zero-order valence-corrected chi connectivity index (χ0v) is 13.2. The number of rotatable bonds is 8. The fourth-order valence-electron chi connectivity index (χ4n) is 2.24. The summed E-state index contributed by atoms with van der Waals surface area (Å²) in [6.07, 6.45) is 1.16. The van der Waals surface area contributed by atoms with E-state index in [4.69, 9.17) is 4.74 Å². The van der Waals surface area contributed by atoms with Crippen molar-refractivity contribution in [2.24, 2.45) is 0 Å². The molecule has 1 atom stereocenters. The minimum absolute atomic E-state index is 0.253. The highest BCUT2D eigenvalue weighted by molar-refractivity contribution is 5.67. The molecule has 4 heteroatoms. The van der Waals surface area contributed by atoms with E-state index in [2.05, 4.69) is 5.32 Å². The number of alkyl carbamates (subject to hydrolysis) is 1. The summed E-state index contributed by atoms with van der Waals surface area (Å²) in [7, 11) is 0. The molecule has 122 valence electrons. The molecule has 0 fully saturated rings. The van der Waals surface area contributed by atoms with Crippen LogP contribution in [0.1, 0.15) is 24.0 Å². The fourth-order valence-corrected chi connectivity index (χ4v) is 2.24. The van der Waals surface area contributed by atoms with Crippen LogP contribution in [0.15, 0.2) is 60.7 Å². The SMILES string of the molecule is O=C(NCCC(O)CCc1ccccc1)OCc1ccccc1. The van der Waals surface area contributed by atoms with Gasteiger partial charge in [-0.2, -0.15) is 0 Å². The molecule has 0 heterocycles. The van der Waals surface area contributed by atoms with Gasteiger partial charge in [0.15, 0.2) is 0 Å². The lowest BCUT2D eigenvalue weighted by Gasteiger charge is -2.11. The number of aliphatic hydroxyl groups excluding tert-OH is 1. The smallest absolute Gasteiger partial charge is 0.407 e. The molecule has 4 nitrogen and oxygen atoms in total. The first kappa shape index (κ1) is 17.0. The van der Waals surface area contributed by atoms with Crippen molar-refractivity contribution in [3.63, 3.8) is 0 Å². The van der Waals surface area contributed by atoms with E-state index in [1.165, 1.54) is 5.56 Å². The number of carbonyl (C=O) groups is 1. The van der Waals surface area contributed by atoms with Gasteiger partial charge >= 0.3 is 6.09 Å². The topological polar surface area (TPSA) is 58.6 Å². The first-order valence-corrected chi connectivity index (χ1v) is 7.90. The standard InChI is InChI=1S/C19H23NO3/c21-18(12-11-16-7-3-1-4-8-16)13-14-20-19(22)23-15-17-9-5-2-6-10-17/h1-10,18,21H,11-15H2,(H,20,22). The maximum Gasteiger partial charge on any atom is 0.407 e. The van der Waals surface area contributed by atoms with Crippen LogP contribution in [0.4, 0.5) is 4.79 Å². The Morgan fingerprint density at radius 2 is 1.57 bits per heavy atom. The van der Waals surface area contributed by atoms with Gasteiger partial charge in [0.05, 0.1) is 6.10 Å². The van der Waals surface area contributed by atoms with Crippen LogP contribution in [0.2, 0.25) is 0 Å². The van der Waals surface area contributed by atoms with Crippen molar-refractivity contribution in [1.82, 2.24) is 5.32 Å². The Morgan fingerprint density at radius 1 is 0.957 bits per heavy atom. The van der Waals surface area contributed by atoms with Crippen LogP contribution in [0.25, 0.3) is 0 Å². The molecule has 2 rings (SSSR count). The summed E-state index contributed by atoms with van der Waals surface area (Å²) in [6, 6.07) is 19.6. The summed E-state index contributed by atoms with van der Waals surface area (Å²) >= 11 is 0. The maximum atomic E-state index is 11.6. The van der Waals surface area contributed by atoms with E-state index >= 15 is 0 Å². The van der Waals surface area contributed by atoms with Crippen LogP contribution in [0.5, 0.6) is 0 Å². The first-order chi connectivity index (χ1) is 11.2.